The van der Waals surface area contributed by atoms with E-state index in [2.05, 4.69) is 0 Å². The van der Waals surface area contributed by atoms with Crippen LogP contribution in [0.1, 0.15) is 55.5 Å². The van der Waals surface area contributed by atoms with E-state index < -0.39 is 28.2 Å². The molecule has 3 aromatic carbocycles. The number of esters is 1. The molecule has 0 aliphatic carbocycles. The van der Waals surface area contributed by atoms with Gasteiger partial charge in [0.05, 0.1) is 23.3 Å². The number of fused-ring (bicyclic) bond motifs is 3. The van der Waals surface area contributed by atoms with Gasteiger partial charge in [-0.1, -0.05) is 48.5 Å². The standard InChI is InChI=1S/C29H31F2NO6S/c1-4-36-27(33)29(2,3)15-14-18-8-11-20(12-9-18)26-22-16-19(17-39(32,34)35)10-13-21(22)25-23(37-26)6-5-7-24(25)38-28(30)31/h5-13,16,26,28H,4,14-15,17H2,1-3H3,(H2,32,34,35). The highest BCUT2D eigenvalue weighted by Gasteiger charge is 2.32. The molecule has 0 fully saturated rings. The van der Waals surface area contributed by atoms with E-state index in [1.165, 1.54) is 6.07 Å². The van der Waals surface area contributed by atoms with Crippen molar-refractivity contribution < 1.29 is 36.2 Å². The van der Waals surface area contributed by atoms with Crippen molar-refractivity contribution in [2.45, 2.75) is 52.1 Å². The van der Waals surface area contributed by atoms with Crippen LogP contribution in [0.3, 0.4) is 0 Å². The number of sulfonamides is 1. The monoisotopic (exact) mass is 559 g/mol. The molecule has 1 heterocycles. The second-order valence-electron chi connectivity index (χ2n) is 10.1. The summed E-state index contributed by atoms with van der Waals surface area (Å²) in [5.74, 6) is -0.298. The SMILES string of the molecule is CCOC(=O)C(C)(C)CCc1ccc(C2Oc3cccc(OC(F)F)c3-c3ccc(CS(N)(=O)=O)cc32)cc1. The summed E-state index contributed by atoms with van der Waals surface area (Å²) in [5, 5.41) is 5.26. The summed E-state index contributed by atoms with van der Waals surface area (Å²) in [5.41, 5.74) is 3.18. The van der Waals surface area contributed by atoms with Crippen LogP contribution in [-0.2, 0) is 31.7 Å². The topological polar surface area (TPSA) is 105 Å². The number of hydrogen-bond acceptors (Lipinski definition) is 6. The third kappa shape index (κ3) is 6.75. The number of benzene rings is 3. The van der Waals surface area contributed by atoms with Crippen molar-refractivity contribution >= 4 is 16.0 Å². The number of alkyl halides is 2. The van der Waals surface area contributed by atoms with E-state index in [1.54, 1.807) is 37.3 Å². The Morgan fingerprint density at radius 2 is 1.77 bits per heavy atom. The molecule has 1 aliphatic rings. The van der Waals surface area contributed by atoms with Crippen LogP contribution < -0.4 is 14.6 Å². The first-order valence-corrected chi connectivity index (χ1v) is 14.2. The highest BCUT2D eigenvalue weighted by molar-refractivity contribution is 7.88. The van der Waals surface area contributed by atoms with Gasteiger partial charge in [0.25, 0.3) is 0 Å². The minimum atomic E-state index is -3.80. The Morgan fingerprint density at radius 3 is 2.41 bits per heavy atom. The summed E-state index contributed by atoms with van der Waals surface area (Å²) in [4.78, 5) is 12.2. The number of carbonyl (C=O) groups excluding carboxylic acids is 1. The number of primary sulfonamides is 1. The molecule has 0 aromatic heterocycles. The summed E-state index contributed by atoms with van der Waals surface area (Å²) >= 11 is 0. The Bertz CT molecular complexity index is 1460. The molecule has 0 amide bonds. The molecular formula is C29H31F2NO6S. The number of aryl methyl sites for hydroxylation is 1. The summed E-state index contributed by atoms with van der Waals surface area (Å²) < 4.78 is 66.0. The molecule has 208 valence electrons. The second-order valence-corrected chi connectivity index (χ2v) is 11.7. The number of hydrogen-bond donors (Lipinski definition) is 1. The van der Waals surface area contributed by atoms with Crippen LogP contribution in [0.5, 0.6) is 11.5 Å². The van der Waals surface area contributed by atoms with Gasteiger partial charge in [0, 0.05) is 5.56 Å². The molecule has 0 spiro atoms. The van der Waals surface area contributed by atoms with Gasteiger partial charge in [-0.15, -0.1) is 0 Å². The van der Waals surface area contributed by atoms with E-state index in [9.17, 15) is 22.0 Å². The van der Waals surface area contributed by atoms with Crippen molar-refractivity contribution in [3.05, 3.63) is 82.9 Å². The van der Waals surface area contributed by atoms with Crippen molar-refractivity contribution in [3.63, 3.8) is 0 Å². The zero-order valence-electron chi connectivity index (χ0n) is 21.9. The average molecular weight is 560 g/mol. The van der Waals surface area contributed by atoms with Gasteiger partial charge in [-0.2, -0.15) is 8.78 Å². The quantitative estimate of drug-likeness (QED) is 0.317. The lowest BCUT2D eigenvalue weighted by Crippen LogP contribution is -2.27. The van der Waals surface area contributed by atoms with Crippen LogP contribution in [0, 0.1) is 5.41 Å². The van der Waals surface area contributed by atoms with Gasteiger partial charge >= 0.3 is 12.6 Å². The molecule has 4 rings (SSSR count). The highest BCUT2D eigenvalue weighted by atomic mass is 32.2. The van der Waals surface area contributed by atoms with Crippen molar-refractivity contribution in [2.24, 2.45) is 10.6 Å². The van der Waals surface area contributed by atoms with Gasteiger partial charge in [-0.3, -0.25) is 4.79 Å². The molecule has 10 heteroatoms. The summed E-state index contributed by atoms with van der Waals surface area (Å²) in [7, 11) is -3.80. The van der Waals surface area contributed by atoms with E-state index in [4.69, 9.17) is 19.3 Å². The van der Waals surface area contributed by atoms with E-state index in [-0.39, 0.29) is 17.5 Å². The van der Waals surface area contributed by atoms with Crippen LogP contribution >= 0.6 is 0 Å². The molecule has 0 bridgehead atoms. The number of carbonyl (C=O) groups is 1. The molecule has 0 saturated heterocycles. The van der Waals surface area contributed by atoms with Gasteiger partial charge in [0.1, 0.15) is 17.6 Å². The Balaban J connectivity index is 1.68. The molecule has 1 atom stereocenters. The fourth-order valence-corrected chi connectivity index (χ4v) is 5.27. The van der Waals surface area contributed by atoms with E-state index >= 15 is 0 Å². The van der Waals surface area contributed by atoms with Crippen LogP contribution in [0.15, 0.2) is 60.7 Å². The van der Waals surface area contributed by atoms with Gasteiger partial charge in [0.15, 0.2) is 0 Å². The van der Waals surface area contributed by atoms with Gasteiger partial charge in [-0.25, -0.2) is 13.6 Å². The van der Waals surface area contributed by atoms with Crippen LogP contribution in [0.4, 0.5) is 8.78 Å². The first-order valence-electron chi connectivity index (χ1n) is 12.5. The molecule has 1 unspecified atom stereocenters. The average Bonchev–Trinajstić information content (AvgIpc) is 2.86. The lowest BCUT2D eigenvalue weighted by molar-refractivity contribution is -0.153. The van der Waals surface area contributed by atoms with Crippen LogP contribution in [0.2, 0.25) is 0 Å². The Hall–Kier alpha value is -3.50. The van der Waals surface area contributed by atoms with Crippen LogP contribution in [0.25, 0.3) is 11.1 Å². The summed E-state index contributed by atoms with van der Waals surface area (Å²) in [6.45, 7) is 2.79. The molecule has 0 radical (unpaired) electrons. The Labute approximate surface area is 226 Å². The molecule has 0 saturated carbocycles. The molecule has 39 heavy (non-hydrogen) atoms. The minimum absolute atomic E-state index is 0.0408. The van der Waals surface area contributed by atoms with Crippen molar-refractivity contribution in [3.8, 4) is 22.6 Å². The number of nitrogens with two attached hydrogens (primary N) is 1. The van der Waals surface area contributed by atoms with Gasteiger partial charge in [-0.05, 0) is 68.0 Å². The number of halogens is 2. The number of ether oxygens (including phenoxy) is 3. The smallest absolute Gasteiger partial charge is 0.387 e. The first kappa shape index (κ1) is 28.5. The maximum absolute atomic E-state index is 13.1. The minimum Gasteiger partial charge on any atom is -0.480 e. The fraction of sp³-hybridized carbons (Fsp3) is 0.345. The lowest BCUT2D eigenvalue weighted by atomic mass is 9.85. The first-order chi connectivity index (χ1) is 18.4. The summed E-state index contributed by atoms with van der Waals surface area (Å²) in [6, 6.07) is 17.3. The fourth-order valence-electron chi connectivity index (χ4n) is 4.63. The molecule has 7 nitrogen and oxygen atoms in total. The third-order valence-electron chi connectivity index (χ3n) is 6.63. The maximum Gasteiger partial charge on any atom is 0.387 e. The van der Waals surface area contributed by atoms with Crippen LogP contribution in [-0.4, -0.2) is 27.6 Å². The predicted molar refractivity (Wildman–Crippen MR) is 143 cm³/mol. The zero-order chi connectivity index (χ0) is 28.4. The molecule has 3 aromatic rings. The van der Waals surface area contributed by atoms with Gasteiger partial charge < -0.3 is 14.2 Å². The third-order valence-corrected chi connectivity index (χ3v) is 7.37. The van der Waals surface area contributed by atoms with E-state index in [0.717, 1.165) is 11.1 Å². The zero-order valence-corrected chi connectivity index (χ0v) is 22.8. The number of rotatable bonds is 10. The van der Waals surface area contributed by atoms with E-state index in [0.29, 0.717) is 47.5 Å². The Kier molecular flexibility index (Phi) is 8.27. The molecule has 2 N–H and O–H groups in total. The predicted octanol–water partition coefficient (Wildman–Crippen LogP) is 5.75. The molecule has 1 aliphatic heterocycles. The molecular weight excluding hydrogens is 528 g/mol. The van der Waals surface area contributed by atoms with E-state index in [1.807, 2.05) is 38.1 Å². The largest absolute Gasteiger partial charge is 0.480 e. The summed E-state index contributed by atoms with van der Waals surface area (Å²) in [6.07, 6.45) is 0.620. The van der Waals surface area contributed by atoms with Crippen molar-refractivity contribution in [1.29, 1.82) is 0 Å². The lowest BCUT2D eigenvalue weighted by Gasteiger charge is -2.31. The second kappa shape index (κ2) is 11.3. The van der Waals surface area contributed by atoms with Crippen molar-refractivity contribution in [1.82, 2.24) is 0 Å². The van der Waals surface area contributed by atoms with Gasteiger partial charge in [0.2, 0.25) is 10.0 Å². The van der Waals surface area contributed by atoms with Crippen molar-refractivity contribution in [2.75, 3.05) is 6.61 Å². The maximum atomic E-state index is 13.1. The normalized spacial score (nSPS) is 14.8. The highest BCUT2D eigenvalue weighted by Crippen LogP contribution is 2.49. The Morgan fingerprint density at radius 1 is 1.08 bits per heavy atom.